The van der Waals surface area contributed by atoms with Crippen LogP contribution in [0, 0.1) is 0 Å². The summed E-state index contributed by atoms with van der Waals surface area (Å²) in [7, 11) is 0. The molecule has 0 saturated carbocycles. The van der Waals surface area contributed by atoms with Gasteiger partial charge in [-0.25, -0.2) is 0 Å². The zero-order valence-electron chi connectivity index (χ0n) is 19.4. The summed E-state index contributed by atoms with van der Waals surface area (Å²) in [5, 5.41) is 0. The van der Waals surface area contributed by atoms with Crippen LogP contribution in [0.15, 0.2) is 108 Å². The van der Waals surface area contributed by atoms with E-state index >= 15 is 0 Å². The molecule has 6 nitrogen and oxygen atoms in total. The fourth-order valence-electron chi connectivity index (χ4n) is 3.49. The van der Waals surface area contributed by atoms with Gasteiger partial charge in [0.2, 0.25) is 0 Å². The van der Waals surface area contributed by atoms with Crippen LogP contribution in [0.4, 0.5) is 0 Å². The fourth-order valence-corrected chi connectivity index (χ4v) is 3.85. The second-order valence-corrected chi connectivity index (χ2v) is 8.82. The summed E-state index contributed by atoms with van der Waals surface area (Å²) in [6.45, 7) is 0.726. The maximum Gasteiger partial charge on any atom is 0.273 e. The lowest BCUT2D eigenvalue weighted by Crippen LogP contribution is -2.41. The third-order valence-corrected chi connectivity index (χ3v) is 5.83. The first-order valence-corrected chi connectivity index (χ1v) is 12.2. The van der Waals surface area contributed by atoms with Gasteiger partial charge in [-0.05, 0) is 41.5 Å². The van der Waals surface area contributed by atoms with Gasteiger partial charge in [0.25, 0.3) is 11.8 Å². The van der Waals surface area contributed by atoms with E-state index in [0.717, 1.165) is 11.1 Å². The molecule has 0 unspecified atom stereocenters. The largest absolute Gasteiger partial charge is 0.492 e. The van der Waals surface area contributed by atoms with Gasteiger partial charge in [0.05, 0.1) is 17.7 Å². The molecule has 4 aromatic carbocycles. The normalized spacial score (nSPS) is 10.4. The molecular weight excluding hydrogens is 520 g/mol. The molecule has 0 spiro atoms. The highest BCUT2D eigenvalue weighted by atomic mass is 79.9. The number of amides is 2. The highest BCUT2D eigenvalue weighted by Gasteiger charge is 2.17. The predicted octanol–water partition coefficient (Wildman–Crippen LogP) is 5.72. The molecule has 0 aliphatic heterocycles. The summed E-state index contributed by atoms with van der Waals surface area (Å²) < 4.78 is 12.5. The monoisotopic (exact) mass is 544 g/mol. The summed E-state index contributed by atoms with van der Waals surface area (Å²) in [6.07, 6.45) is 0.703. The van der Waals surface area contributed by atoms with Crippen LogP contribution in [0.2, 0.25) is 0 Å². The number of hydrazine groups is 1. The van der Waals surface area contributed by atoms with E-state index in [1.807, 2.05) is 60.7 Å². The lowest BCUT2D eigenvalue weighted by Gasteiger charge is -2.14. The van der Waals surface area contributed by atoms with E-state index in [-0.39, 0.29) is 0 Å². The Labute approximate surface area is 218 Å². The molecule has 0 aromatic heterocycles. The Morgan fingerprint density at radius 2 is 1.22 bits per heavy atom. The van der Waals surface area contributed by atoms with E-state index in [9.17, 15) is 9.59 Å². The Kier molecular flexibility index (Phi) is 8.72. The van der Waals surface area contributed by atoms with Gasteiger partial charge in [0.1, 0.15) is 18.1 Å². The minimum absolute atomic E-state index is 0.298. The number of carbonyl (C=O) groups excluding carboxylic acids is 2. The molecule has 7 heteroatoms. The Morgan fingerprint density at radius 3 is 1.94 bits per heavy atom. The molecule has 2 N–H and O–H groups in total. The molecule has 0 saturated heterocycles. The second-order valence-electron chi connectivity index (χ2n) is 7.90. The zero-order valence-corrected chi connectivity index (χ0v) is 21.0. The Balaban J connectivity index is 1.37. The number of halogens is 1. The van der Waals surface area contributed by atoms with E-state index in [0.29, 0.717) is 46.7 Å². The summed E-state index contributed by atoms with van der Waals surface area (Å²) in [5.41, 5.74) is 7.68. The van der Waals surface area contributed by atoms with E-state index in [4.69, 9.17) is 9.47 Å². The fraction of sp³-hybridized carbons (Fsp3) is 0.103. The second kappa shape index (κ2) is 12.6. The van der Waals surface area contributed by atoms with Gasteiger partial charge in [0.15, 0.2) is 0 Å². The van der Waals surface area contributed by atoms with E-state index in [1.165, 1.54) is 0 Å². The molecule has 0 radical (unpaired) electrons. The van der Waals surface area contributed by atoms with Crippen molar-refractivity contribution in [3.63, 3.8) is 0 Å². The van der Waals surface area contributed by atoms with Crippen LogP contribution in [0.1, 0.15) is 31.8 Å². The van der Waals surface area contributed by atoms with Crippen LogP contribution in [-0.4, -0.2) is 18.4 Å². The summed E-state index contributed by atoms with van der Waals surface area (Å²) in [5.74, 6) is -0.149. The smallest absolute Gasteiger partial charge is 0.273 e. The van der Waals surface area contributed by atoms with Crippen LogP contribution in [-0.2, 0) is 13.0 Å². The summed E-state index contributed by atoms with van der Waals surface area (Å²) in [4.78, 5) is 25.8. The van der Waals surface area contributed by atoms with Crippen LogP contribution in [0.25, 0.3) is 0 Å². The Bertz CT molecular complexity index is 1310. The number of carbonyl (C=O) groups is 2. The van der Waals surface area contributed by atoms with Crippen molar-refractivity contribution in [3.05, 3.63) is 130 Å². The quantitative estimate of drug-likeness (QED) is 0.264. The maximum atomic E-state index is 12.9. The third-order valence-electron chi connectivity index (χ3n) is 5.34. The van der Waals surface area contributed by atoms with Gasteiger partial charge in [-0.15, -0.1) is 0 Å². The van der Waals surface area contributed by atoms with Crippen molar-refractivity contribution < 1.29 is 19.1 Å². The molecule has 0 heterocycles. The van der Waals surface area contributed by atoms with E-state index in [1.54, 1.807) is 42.5 Å². The van der Waals surface area contributed by atoms with Gasteiger partial charge in [-0.1, -0.05) is 88.7 Å². The highest BCUT2D eigenvalue weighted by molar-refractivity contribution is 9.10. The minimum Gasteiger partial charge on any atom is -0.492 e. The first-order valence-electron chi connectivity index (χ1n) is 11.4. The van der Waals surface area contributed by atoms with Crippen LogP contribution < -0.4 is 20.3 Å². The molecule has 0 atom stereocenters. The Hall–Kier alpha value is -4.10. The van der Waals surface area contributed by atoms with E-state index < -0.39 is 11.8 Å². The van der Waals surface area contributed by atoms with Crippen molar-refractivity contribution in [2.75, 3.05) is 6.61 Å². The SMILES string of the molecule is O=C(NNC(=O)c1ccccc1OCc1ccccc1)c1cc(Br)ccc1OCCc1ccccc1. The van der Waals surface area contributed by atoms with Crippen molar-refractivity contribution in [3.8, 4) is 11.5 Å². The lowest BCUT2D eigenvalue weighted by atomic mass is 10.1. The zero-order chi connectivity index (χ0) is 25.2. The van der Waals surface area contributed by atoms with Gasteiger partial charge in [-0.3, -0.25) is 20.4 Å². The predicted molar refractivity (Wildman–Crippen MR) is 142 cm³/mol. The number of nitrogens with one attached hydrogen (secondary N) is 2. The van der Waals surface area contributed by atoms with Crippen LogP contribution >= 0.6 is 15.9 Å². The van der Waals surface area contributed by atoms with Gasteiger partial charge >= 0.3 is 0 Å². The molecule has 0 fully saturated rings. The maximum absolute atomic E-state index is 12.9. The molecule has 4 aromatic rings. The third kappa shape index (κ3) is 6.96. The van der Waals surface area contributed by atoms with Gasteiger partial charge in [-0.2, -0.15) is 0 Å². The van der Waals surface area contributed by atoms with Crippen LogP contribution in [0.5, 0.6) is 11.5 Å². The average Bonchev–Trinajstić information content (AvgIpc) is 2.92. The summed E-state index contributed by atoms with van der Waals surface area (Å²) >= 11 is 3.39. The van der Waals surface area contributed by atoms with Crippen molar-refractivity contribution in [1.82, 2.24) is 10.9 Å². The lowest BCUT2D eigenvalue weighted by molar-refractivity contribution is 0.0841. The minimum atomic E-state index is -0.498. The molecular formula is C29H25BrN2O4. The molecule has 0 bridgehead atoms. The topological polar surface area (TPSA) is 76.7 Å². The molecule has 2 amide bonds. The average molecular weight is 545 g/mol. The van der Waals surface area contributed by atoms with Crippen molar-refractivity contribution in [2.45, 2.75) is 13.0 Å². The number of benzene rings is 4. The van der Waals surface area contributed by atoms with E-state index in [2.05, 4.69) is 26.8 Å². The first-order chi connectivity index (χ1) is 17.6. The number of ether oxygens (including phenoxy) is 2. The van der Waals surface area contributed by atoms with Crippen molar-refractivity contribution in [1.29, 1.82) is 0 Å². The number of hydrogen-bond acceptors (Lipinski definition) is 4. The molecule has 182 valence electrons. The molecule has 0 aliphatic carbocycles. The molecule has 4 rings (SSSR count). The Morgan fingerprint density at radius 1 is 0.639 bits per heavy atom. The van der Waals surface area contributed by atoms with Crippen molar-refractivity contribution >= 4 is 27.7 Å². The number of hydrogen-bond donors (Lipinski definition) is 2. The first kappa shape index (κ1) is 25.0. The van der Waals surface area contributed by atoms with Crippen LogP contribution in [0.3, 0.4) is 0 Å². The standard InChI is InChI=1S/C29H25BrN2O4/c30-23-15-16-27(35-18-17-21-9-3-1-4-10-21)25(19-23)29(34)32-31-28(33)24-13-7-8-14-26(24)36-20-22-11-5-2-6-12-22/h1-16,19H,17-18,20H2,(H,31,33)(H,32,34). The number of para-hydroxylation sites is 1. The molecule has 0 aliphatic rings. The van der Waals surface area contributed by atoms with Gasteiger partial charge < -0.3 is 9.47 Å². The highest BCUT2D eigenvalue weighted by Crippen LogP contribution is 2.24. The summed E-state index contributed by atoms with van der Waals surface area (Å²) in [6, 6.07) is 31.7. The number of rotatable bonds is 9. The van der Waals surface area contributed by atoms with Gasteiger partial charge in [0, 0.05) is 10.9 Å². The molecule has 36 heavy (non-hydrogen) atoms. The van der Waals surface area contributed by atoms with Crippen molar-refractivity contribution in [2.24, 2.45) is 0 Å².